The SMILES string of the molecule is CCC(=O)N1CSCC1C(=O)Nc1ccccc1CN1CCCC1. The molecular formula is C18H25N3O2S. The number of carbonyl (C=O) groups excluding carboxylic acids is 2. The van der Waals surface area contributed by atoms with Crippen molar-refractivity contribution in [1.29, 1.82) is 0 Å². The molecule has 0 saturated carbocycles. The van der Waals surface area contributed by atoms with E-state index >= 15 is 0 Å². The zero-order valence-electron chi connectivity index (χ0n) is 14.2. The normalized spacial score (nSPS) is 21.2. The van der Waals surface area contributed by atoms with E-state index in [4.69, 9.17) is 0 Å². The van der Waals surface area contributed by atoms with Crippen molar-refractivity contribution in [3.63, 3.8) is 0 Å². The van der Waals surface area contributed by atoms with Gasteiger partial charge in [0.15, 0.2) is 0 Å². The van der Waals surface area contributed by atoms with Crippen molar-refractivity contribution < 1.29 is 9.59 Å². The second kappa shape index (κ2) is 8.03. The van der Waals surface area contributed by atoms with Crippen molar-refractivity contribution in [1.82, 2.24) is 9.80 Å². The molecule has 24 heavy (non-hydrogen) atoms. The number of carbonyl (C=O) groups is 2. The van der Waals surface area contributed by atoms with Crippen LogP contribution in [0, 0.1) is 0 Å². The summed E-state index contributed by atoms with van der Waals surface area (Å²) >= 11 is 1.64. The van der Waals surface area contributed by atoms with Crippen molar-refractivity contribution in [2.24, 2.45) is 0 Å². The number of hydrogen-bond acceptors (Lipinski definition) is 4. The quantitative estimate of drug-likeness (QED) is 0.889. The smallest absolute Gasteiger partial charge is 0.248 e. The van der Waals surface area contributed by atoms with E-state index in [0.717, 1.165) is 30.9 Å². The van der Waals surface area contributed by atoms with Crippen LogP contribution in [0.25, 0.3) is 0 Å². The van der Waals surface area contributed by atoms with Crippen LogP contribution in [0.15, 0.2) is 24.3 Å². The average Bonchev–Trinajstić information content (AvgIpc) is 3.27. The molecule has 0 aliphatic carbocycles. The fraction of sp³-hybridized carbons (Fsp3) is 0.556. The van der Waals surface area contributed by atoms with E-state index < -0.39 is 0 Å². The first-order valence-electron chi connectivity index (χ1n) is 8.67. The summed E-state index contributed by atoms with van der Waals surface area (Å²) in [5, 5.41) is 3.06. The Hall–Kier alpha value is -1.53. The monoisotopic (exact) mass is 347 g/mol. The molecule has 2 aliphatic rings. The predicted octanol–water partition coefficient (Wildman–Crippen LogP) is 2.53. The third-order valence-corrected chi connectivity index (χ3v) is 5.69. The Morgan fingerprint density at radius 3 is 2.75 bits per heavy atom. The molecule has 1 aromatic carbocycles. The van der Waals surface area contributed by atoms with Crippen LogP contribution < -0.4 is 5.32 Å². The Kier molecular flexibility index (Phi) is 5.79. The van der Waals surface area contributed by atoms with Gasteiger partial charge in [-0.3, -0.25) is 14.5 Å². The van der Waals surface area contributed by atoms with E-state index in [1.54, 1.807) is 16.7 Å². The minimum atomic E-state index is -0.359. The molecule has 6 heteroatoms. The van der Waals surface area contributed by atoms with E-state index in [1.807, 2.05) is 25.1 Å². The van der Waals surface area contributed by atoms with Crippen molar-refractivity contribution in [2.45, 2.75) is 38.8 Å². The molecule has 130 valence electrons. The van der Waals surface area contributed by atoms with Gasteiger partial charge in [-0.2, -0.15) is 0 Å². The molecule has 2 heterocycles. The Morgan fingerprint density at radius 1 is 1.25 bits per heavy atom. The lowest BCUT2D eigenvalue weighted by Gasteiger charge is -2.23. The second-order valence-corrected chi connectivity index (χ2v) is 7.36. The van der Waals surface area contributed by atoms with Gasteiger partial charge in [0, 0.05) is 24.4 Å². The highest BCUT2D eigenvalue weighted by Crippen LogP contribution is 2.25. The van der Waals surface area contributed by atoms with Gasteiger partial charge < -0.3 is 10.2 Å². The first-order chi connectivity index (χ1) is 11.7. The number of anilines is 1. The maximum atomic E-state index is 12.7. The Balaban J connectivity index is 1.68. The summed E-state index contributed by atoms with van der Waals surface area (Å²) in [7, 11) is 0. The zero-order valence-corrected chi connectivity index (χ0v) is 15.0. The van der Waals surface area contributed by atoms with Gasteiger partial charge in [-0.15, -0.1) is 11.8 Å². The molecule has 1 aromatic rings. The largest absolute Gasteiger partial charge is 0.324 e. The summed E-state index contributed by atoms with van der Waals surface area (Å²) in [6.07, 6.45) is 2.94. The molecule has 0 aromatic heterocycles. The first-order valence-corrected chi connectivity index (χ1v) is 9.83. The molecular weight excluding hydrogens is 322 g/mol. The summed E-state index contributed by atoms with van der Waals surface area (Å²) in [5.74, 6) is 1.26. The predicted molar refractivity (Wildman–Crippen MR) is 97.8 cm³/mol. The molecule has 3 rings (SSSR count). The molecule has 0 bridgehead atoms. The Morgan fingerprint density at radius 2 is 2.00 bits per heavy atom. The van der Waals surface area contributed by atoms with Crippen LogP contribution in [0.4, 0.5) is 5.69 Å². The third kappa shape index (κ3) is 3.92. The molecule has 1 atom stereocenters. The maximum absolute atomic E-state index is 12.7. The van der Waals surface area contributed by atoms with Gasteiger partial charge in [0.25, 0.3) is 0 Å². The van der Waals surface area contributed by atoms with E-state index in [-0.39, 0.29) is 17.9 Å². The summed E-state index contributed by atoms with van der Waals surface area (Å²) in [6.45, 7) is 4.96. The number of thioether (sulfide) groups is 1. The highest BCUT2D eigenvalue weighted by molar-refractivity contribution is 7.99. The third-order valence-electron chi connectivity index (χ3n) is 4.68. The molecule has 2 aliphatic heterocycles. The van der Waals surface area contributed by atoms with Crippen molar-refractivity contribution in [3.8, 4) is 0 Å². The molecule has 2 amide bonds. The summed E-state index contributed by atoms with van der Waals surface area (Å²) in [4.78, 5) is 28.8. The van der Waals surface area contributed by atoms with Crippen LogP contribution in [0.3, 0.4) is 0 Å². The first kappa shape index (κ1) is 17.3. The summed E-state index contributed by atoms with van der Waals surface area (Å²) in [6, 6.07) is 7.63. The van der Waals surface area contributed by atoms with Gasteiger partial charge in [-0.25, -0.2) is 0 Å². The maximum Gasteiger partial charge on any atom is 0.248 e. The summed E-state index contributed by atoms with van der Waals surface area (Å²) < 4.78 is 0. The van der Waals surface area contributed by atoms with Crippen LogP contribution in [0.1, 0.15) is 31.7 Å². The molecule has 1 N–H and O–H groups in total. The molecule has 0 spiro atoms. The van der Waals surface area contributed by atoms with Gasteiger partial charge >= 0.3 is 0 Å². The fourth-order valence-corrected chi connectivity index (χ4v) is 4.47. The number of para-hydroxylation sites is 1. The number of nitrogens with one attached hydrogen (secondary N) is 1. The lowest BCUT2D eigenvalue weighted by atomic mass is 10.1. The van der Waals surface area contributed by atoms with E-state index in [0.29, 0.717) is 18.1 Å². The van der Waals surface area contributed by atoms with Crippen LogP contribution >= 0.6 is 11.8 Å². The lowest BCUT2D eigenvalue weighted by Crippen LogP contribution is -2.44. The summed E-state index contributed by atoms with van der Waals surface area (Å²) in [5.41, 5.74) is 2.02. The number of hydrogen-bond donors (Lipinski definition) is 1. The molecule has 2 saturated heterocycles. The second-order valence-electron chi connectivity index (χ2n) is 6.36. The zero-order chi connectivity index (χ0) is 16.9. The number of likely N-dealkylation sites (tertiary alicyclic amines) is 1. The number of nitrogens with zero attached hydrogens (tertiary/aromatic N) is 2. The number of amides is 2. The van der Waals surface area contributed by atoms with Gasteiger partial charge in [-0.05, 0) is 37.6 Å². The molecule has 2 fully saturated rings. The minimum absolute atomic E-state index is 0.0468. The highest BCUT2D eigenvalue weighted by atomic mass is 32.2. The Bertz CT molecular complexity index is 602. The topological polar surface area (TPSA) is 52.7 Å². The van der Waals surface area contributed by atoms with Crippen molar-refractivity contribution in [2.75, 3.05) is 30.0 Å². The number of rotatable bonds is 5. The van der Waals surface area contributed by atoms with Crippen LogP contribution in [-0.4, -0.2) is 52.4 Å². The minimum Gasteiger partial charge on any atom is -0.324 e. The van der Waals surface area contributed by atoms with Crippen LogP contribution in [-0.2, 0) is 16.1 Å². The van der Waals surface area contributed by atoms with Crippen molar-refractivity contribution >= 4 is 29.3 Å². The lowest BCUT2D eigenvalue weighted by molar-refractivity contribution is -0.135. The molecule has 0 radical (unpaired) electrons. The number of benzene rings is 1. The van der Waals surface area contributed by atoms with Gasteiger partial charge in [0.05, 0.1) is 5.88 Å². The van der Waals surface area contributed by atoms with Crippen LogP contribution in [0.5, 0.6) is 0 Å². The fourth-order valence-electron chi connectivity index (χ4n) is 3.29. The van der Waals surface area contributed by atoms with Crippen molar-refractivity contribution in [3.05, 3.63) is 29.8 Å². The standard InChI is InChI=1S/C18H25N3O2S/c1-2-17(22)21-13-24-12-16(21)18(23)19-15-8-4-3-7-14(15)11-20-9-5-6-10-20/h3-4,7-8,16H,2,5-6,9-13H2,1H3,(H,19,23). The average molecular weight is 347 g/mol. The van der Waals surface area contributed by atoms with Gasteiger partial charge in [-0.1, -0.05) is 25.1 Å². The molecule has 5 nitrogen and oxygen atoms in total. The molecule has 1 unspecified atom stereocenters. The van der Waals surface area contributed by atoms with E-state index in [2.05, 4.69) is 16.3 Å². The highest BCUT2D eigenvalue weighted by Gasteiger charge is 2.34. The van der Waals surface area contributed by atoms with Gasteiger partial charge in [0.2, 0.25) is 11.8 Å². The van der Waals surface area contributed by atoms with Gasteiger partial charge in [0.1, 0.15) is 6.04 Å². The van der Waals surface area contributed by atoms with Crippen LogP contribution in [0.2, 0.25) is 0 Å². The van der Waals surface area contributed by atoms with E-state index in [1.165, 1.54) is 12.8 Å². The Labute approximate surface area is 147 Å². The van der Waals surface area contributed by atoms with E-state index in [9.17, 15) is 9.59 Å².